The Kier molecular flexibility index (Phi) is 4.19. The van der Waals surface area contributed by atoms with Gasteiger partial charge in [0.15, 0.2) is 0 Å². The fourth-order valence-electron chi connectivity index (χ4n) is 2.12. The van der Waals surface area contributed by atoms with Gasteiger partial charge in [-0.2, -0.15) is 0 Å². The Labute approximate surface area is 97.8 Å². The summed E-state index contributed by atoms with van der Waals surface area (Å²) in [5.41, 5.74) is 1.22. The van der Waals surface area contributed by atoms with Crippen LogP contribution in [0.15, 0.2) is 30.3 Å². The van der Waals surface area contributed by atoms with Crippen molar-refractivity contribution in [2.45, 2.75) is 12.5 Å². The second-order valence-corrected chi connectivity index (χ2v) is 4.42. The minimum Gasteiger partial charge on any atom is -0.385 e. The zero-order chi connectivity index (χ0) is 11.2. The highest BCUT2D eigenvalue weighted by atomic mass is 15.2. The van der Waals surface area contributed by atoms with Crippen LogP contribution in [-0.2, 0) is 0 Å². The Hall–Kier alpha value is -1.06. The summed E-state index contributed by atoms with van der Waals surface area (Å²) in [5, 5.41) is 6.90. The van der Waals surface area contributed by atoms with Crippen LogP contribution in [-0.4, -0.2) is 44.2 Å². The lowest BCUT2D eigenvalue weighted by atomic mass is 10.1. The predicted octanol–water partition coefficient (Wildman–Crippen LogP) is 1.39. The first-order valence-corrected chi connectivity index (χ1v) is 6.06. The van der Waals surface area contributed by atoms with Crippen molar-refractivity contribution in [3.8, 4) is 0 Å². The Morgan fingerprint density at radius 3 is 2.94 bits per heavy atom. The molecule has 0 amide bonds. The van der Waals surface area contributed by atoms with Gasteiger partial charge in [0.05, 0.1) is 0 Å². The highest BCUT2D eigenvalue weighted by Gasteiger charge is 2.17. The quantitative estimate of drug-likeness (QED) is 0.801. The molecule has 3 heteroatoms. The largest absolute Gasteiger partial charge is 0.385 e. The molecule has 0 aromatic heterocycles. The molecule has 1 aliphatic rings. The molecule has 0 aliphatic carbocycles. The number of nitrogens with zero attached hydrogens (tertiary/aromatic N) is 1. The molecule has 1 heterocycles. The van der Waals surface area contributed by atoms with E-state index in [4.69, 9.17) is 0 Å². The summed E-state index contributed by atoms with van der Waals surface area (Å²) >= 11 is 0. The van der Waals surface area contributed by atoms with Crippen LogP contribution >= 0.6 is 0 Å². The maximum Gasteiger partial charge on any atom is 0.0340 e. The van der Waals surface area contributed by atoms with E-state index >= 15 is 0 Å². The molecular formula is C13H21N3. The first kappa shape index (κ1) is 11.4. The minimum absolute atomic E-state index is 0.671. The zero-order valence-corrected chi connectivity index (χ0v) is 9.95. The molecule has 3 nitrogen and oxygen atoms in total. The van der Waals surface area contributed by atoms with Crippen molar-refractivity contribution in [3.63, 3.8) is 0 Å². The number of para-hydroxylation sites is 1. The summed E-state index contributed by atoms with van der Waals surface area (Å²) in [7, 11) is 2.22. The number of rotatable bonds is 4. The average Bonchev–Trinajstić information content (AvgIpc) is 2.33. The molecule has 0 bridgehead atoms. The number of hydrogen-bond acceptors (Lipinski definition) is 3. The van der Waals surface area contributed by atoms with E-state index in [9.17, 15) is 0 Å². The third-order valence-corrected chi connectivity index (χ3v) is 3.23. The maximum atomic E-state index is 3.46. The third kappa shape index (κ3) is 3.22. The summed E-state index contributed by atoms with van der Waals surface area (Å²) in [6.07, 6.45) is 1.19. The molecule has 1 fully saturated rings. The van der Waals surface area contributed by atoms with Crippen LogP contribution in [0.3, 0.4) is 0 Å². The predicted molar refractivity (Wildman–Crippen MR) is 68.8 cm³/mol. The van der Waals surface area contributed by atoms with Gasteiger partial charge in [-0.05, 0) is 25.6 Å². The Morgan fingerprint density at radius 2 is 2.19 bits per heavy atom. The number of anilines is 1. The Balaban J connectivity index is 1.71. The van der Waals surface area contributed by atoms with E-state index < -0.39 is 0 Å². The standard InChI is InChI=1S/C13H21N3/c1-16-10-9-14-11-13(16)7-8-15-12-5-3-2-4-6-12/h2-6,13-15H,7-11H2,1H3. The lowest BCUT2D eigenvalue weighted by molar-refractivity contribution is 0.194. The van der Waals surface area contributed by atoms with Gasteiger partial charge in [0.1, 0.15) is 0 Å². The van der Waals surface area contributed by atoms with E-state index in [0.29, 0.717) is 6.04 Å². The van der Waals surface area contributed by atoms with E-state index in [-0.39, 0.29) is 0 Å². The topological polar surface area (TPSA) is 27.3 Å². The van der Waals surface area contributed by atoms with E-state index in [1.54, 1.807) is 0 Å². The van der Waals surface area contributed by atoms with E-state index in [1.165, 1.54) is 12.1 Å². The van der Waals surface area contributed by atoms with Crippen molar-refractivity contribution < 1.29 is 0 Å². The first-order valence-electron chi connectivity index (χ1n) is 6.06. The van der Waals surface area contributed by atoms with Crippen LogP contribution in [0.4, 0.5) is 5.69 Å². The smallest absolute Gasteiger partial charge is 0.0340 e. The SMILES string of the molecule is CN1CCNCC1CCNc1ccccc1. The Morgan fingerprint density at radius 1 is 1.38 bits per heavy atom. The molecule has 1 aliphatic heterocycles. The van der Waals surface area contributed by atoms with Gasteiger partial charge < -0.3 is 15.5 Å². The average molecular weight is 219 g/mol. The second kappa shape index (κ2) is 5.87. The molecule has 1 aromatic carbocycles. The molecule has 88 valence electrons. The van der Waals surface area contributed by atoms with E-state index in [1.807, 2.05) is 6.07 Å². The molecular weight excluding hydrogens is 198 g/mol. The van der Waals surface area contributed by atoms with Crippen molar-refractivity contribution in [2.75, 3.05) is 38.5 Å². The molecule has 1 unspecified atom stereocenters. The van der Waals surface area contributed by atoms with E-state index in [0.717, 1.165) is 26.2 Å². The van der Waals surface area contributed by atoms with Crippen LogP contribution < -0.4 is 10.6 Å². The summed E-state index contributed by atoms with van der Waals surface area (Å²) < 4.78 is 0. The lowest BCUT2D eigenvalue weighted by Crippen LogP contribution is -2.49. The number of piperazine rings is 1. The molecule has 2 N–H and O–H groups in total. The molecule has 0 saturated carbocycles. The second-order valence-electron chi connectivity index (χ2n) is 4.42. The van der Waals surface area contributed by atoms with Crippen LogP contribution in [0, 0.1) is 0 Å². The van der Waals surface area contributed by atoms with Gasteiger partial charge >= 0.3 is 0 Å². The molecule has 16 heavy (non-hydrogen) atoms. The number of nitrogens with one attached hydrogen (secondary N) is 2. The highest BCUT2D eigenvalue weighted by molar-refractivity contribution is 5.42. The van der Waals surface area contributed by atoms with Crippen molar-refractivity contribution in [3.05, 3.63) is 30.3 Å². The number of benzene rings is 1. The summed E-state index contributed by atoms with van der Waals surface area (Å²) in [5.74, 6) is 0. The molecule has 1 aromatic rings. The normalized spacial score (nSPS) is 21.9. The fraction of sp³-hybridized carbons (Fsp3) is 0.538. The first-order chi connectivity index (χ1) is 7.86. The van der Waals surface area contributed by atoms with Gasteiger partial charge in [0.25, 0.3) is 0 Å². The maximum absolute atomic E-state index is 3.46. The third-order valence-electron chi connectivity index (χ3n) is 3.23. The molecule has 1 saturated heterocycles. The van der Waals surface area contributed by atoms with Gasteiger partial charge in [-0.1, -0.05) is 18.2 Å². The summed E-state index contributed by atoms with van der Waals surface area (Å²) in [6, 6.07) is 11.1. The summed E-state index contributed by atoms with van der Waals surface area (Å²) in [4.78, 5) is 2.45. The lowest BCUT2D eigenvalue weighted by Gasteiger charge is -2.33. The molecule has 1 atom stereocenters. The van der Waals surface area contributed by atoms with Crippen molar-refractivity contribution in [1.29, 1.82) is 0 Å². The van der Waals surface area contributed by atoms with Crippen LogP contribution in [0.5, 0.6) is 0 Å². The van der Waals surface area contributed by atoms with Gasteiger partial charge in [0.2, 0.25) is 0 Å². The van der Waals surface area contributed by atoms with Crippen molar-refractivity contribution in [1.82, 2.24) is 10.2 Å². The van der Waals surface area contributed by atoms with Gasteiger partial charge in [-0.25, -0.2) is 0 Å². The van der Waals surface area contributed by atoms with Crippen LogP contribution in [0.1, 0.15) is 6.42 Å². The monoisotopic (exact) mass is 219 g/mol. The zero-order valence-electron chi connectivity index (χ0n) is 9.95. The van der Waals surface area contributed by atoms with Gasteiger partial charge in [-0.3, -0.25) is 0 Å². The fourth-order valence-corrected chi connectivity index (χ4v) is 2.12. The van der Waals surface area contributed by atoms with Gasteiger partial charge in [0, 0.05) is 37.9 Å². The van der Waals surface area contributed by atoms with Crippen LogP contribution in [0.25, 0.3) is 0 Å². The van der Waals surface area contributed by atoms with Crippen molar-refractivity contribution >= 4 is 5.69 Å². The van der Waals surface area contributed by atoms with Gasteiger partial charge in [-0.15, -0.1) is 0 Å². The Bertz CT molecular complexity index is 299. The molecule has 2 rings (SSSR count). The molecule has 0 spiro atoms. The number of hydrogen-bond donors (Lipinski definition) is 2. The van der Waals surface area contributed by atoms with Crippen molar-refractivity contribution in [2.24, 2.45) is 0 Å². The summed E-state index contributed by atoms with van der Waals surface area (Å²) in [6.45, 7) is 4.45. The minimum atomic E-state index is 0.671. The highest BCUT2D eigenvalue weighted by Crippen LogP contribution is 2.08. The molecule has 0 radical (unpaired) electrons. The van der Waals surface area contributed by atoms with Crippen LogP contribution in [0.2, 0.25) is 0 Å². The number of likely N-dealkylation sites (N-methyl/N-ethyl adjacent to an activating group) is 1. The van der Waals surface area contributed by atoms with E-state index in [2.05, 4.69) is 46.8 Å².